The Labute approximate surface area is 220 Å². The number of alkyl halides is 6. The molecule has 208 valence electrons. The third-order valence-electron chi connectivity index (χ3n) is 5.44. The zero-order valence-corrected chi connectivity index (χ0v) is 20.3. The Hall–Kier alpha value is -3.92. The summed E-state index contributed by atoms with van der Waals surface area (Å²) >= 11 is 0. The van der Waals surface area contributed by atoms with Crippen LogP contribution in [-0.4, -0.2) is 25.4 Å². The van der Waals surface area contributed by atoms with Gasteiger partial charge in [0.05, 0.1) is 0 Å². The molecule has 2 nitrogen and oxygen atoms in total. The van der Waals surface area contributed by atoms with Gasteiger partial charge in [-0.1, -0.05) is 109 Å². The van der Waals surface area contributed by atoms with Crippen LogP contribution in [0, 0.1) is 0 Å². The van der Waals surface area contributed by atoms with E-state index in [1.54, 1.807) is 121 Å². The highest BCUT2D eigenvalue weighted by molar-refractivity contribution is 5.53. The van der Waals surface area contributed by atoms with Crippen LogP contribution in [0.3, 0.4) is 0 Å². The number of rotatable bonds is 8. The van der Waals surface area contributed by atoms with E-state index in [1.807, 2.05) is 4.94 Å². The van der Waals surface area contributed by atoms with Crippen molar-refractivity contribution < 1.29 is 45.3 Å². The minimum atomic E-state index is -4.25. The zero-order chi connectivity index (χ0) is 28.8. The molecule has 4 aromatic rings. The molecule has 0 aliphatic rings. The van der Waals surface area contributed by atoms with Crippen molar-refractivity contribution in [2.24, 2.45) is 0 Å². The molecule has 0 unspecified atom stereocenters. The monoisotopic (exact) mass is 556 g/mol. The maximum atomic E-state index is 15.2. The van der Waals surface area contributed by atoms with Gasteiger partial charge in [-0.2, -0.15) is 8.78 Å². The van der Waals surface area contributed by atoms with E-state index < -0.39 is 30.8 Å². The van der Waals surface area contributed by atoms with Crippen LogP contribution in [0.2, 0.25) is 0 Å². The first kappa shape index (κ1) is 31.3. The molecule has 4 rings (SSSR count). The molecule has 0 atom stereocenters. The molecule has 10 heteroatoms. The lowest BCUT2D eigenvalue weighted by atomic mass is 9.65. The largest absolute Gasteiger partial charge is 0.413 e. The van der Waals surface area contributed by atoms with E-state index in [4.69, 9.17) is 0 Å². The van der Waals surface area contributed by atoms with Crippen LogP contribution in [-0.2, 0) is 10.4 Å². The predicted octanol–water partition coefficient (Wildman–Crippen LogP) is 9.03. The minimum Gasteiger partial charge on any atom is -0.294 e. The second-order valence-corrected chi connectivity index (χ2v) is 7.92. The number of hydrogen-bond donors (Lipinski definition) is 0. The van der Waals surface area contributed by atoms with Crippen LogP contribution >= 0.6 is 0 Å². The van der Waals surface area contributed by atoms with Gasteiger partial charge in [-0.25, -0.2) is 17.6 Å². The van der Waals surface area contributed by atoms with Crippen molar-refractivity contribution in [2.75, 3.05) is 13.3 Å². The molecule has 0 heterocycles. The van der Waals surface area contributed by atoms with Crippen molar-refractivity contribution in [2.45, 2.75) is 17.4 Å². The molecule has 0 bridgehead atoms. The van der Waals surface area contributed by atoms with Gasteiger partial charge in [0, 0.05) is 4.53 Å². The van der Waals surface area contributed by atoms with Gasteiger partial charge in [0.2, 0.25) is 0 Å². The van der Waals surface area contributed by atoms with E-state index in [0.717, 1.165) is 0 Å². The minimum absolute atomic E-state index is 0.243. The molecule has 0 saturated carbocycles. The van der Waals surface area contributed by atoms with Gasteiger partial charge in [-0.05, 0) is 33.3 Å². The van der Waals surface area contributed by atoms with Gasteiger partial charge in [-0.15, -0.1) is 4.94 Å². The van der Waals surface area contributed by atoms with Crippen LogP contribution in [0.25, 0.3) is 0 Å². The Morgan fingerprint density at radius 1 is 0.487 bits per heavy atom. The molecule has 0 amide bonds. The van der Waals surface area contributed by atoms with Gasteiger partial charge in [0.15, 0.2) is 19.1 Å². The molecule has 0 radical (unpaired) electrons. The van der Waals surface area contributed by atoms with Crippen molar-refractivity contribution in [3.05, 3.63) is 138 Å². The quantitative estimate of drug-likeness (QED) is 0.159. The molecular weight excluding hydrogens is 532 g/mol. The standard InChI is InChI=1S/C21H17F3.C6H5FO.C2H2F4O/c22-16-20(23,24)21(17-10-4-1-5-11-17,18-12-6-2-7-13-18)19-14-8-3-9-15-19;7-8-6-4-2-1-3-5-6;3-1-2(4,5)7-6/h1-15H,16H2;1-5H;1H2. The van der Waals surface area contributed by atoms with E-state index in [2.05, 4.69) is 4.94 Å². The fourth-order valence-corrected chi connectivity index (χ4v) is 3.79. The Morgan fingerprint density at radius 3 is 1.03 bits per heavy atom. The van der Waals surface area contributed by atoms with Gasteiger partial charge < -0.3 is 0 Å². The highest BCUT2D eigenvalue weighted by atomic mass is 19.4. The third kappa shape index (κ3) is 8.03. The lowest BCUT2D eigenvalue weighted by Gasteiger charge is -2.41. The van der Waals surface area contributed by atoms with Gasteiger partial charge >= 0.3 is 6.11 Å². The van der Waals surface area contributed by atoms with Crippen molar-refractivity contribution in [3.63, 3.8) is 0 Å². The summed E-state index contributed by atoms with van der Waals surface area (Å²) in [6, 6.07) is 33.5. The average molecular weight is 556 g/mol. The van der Waals surface area contributed by atoms with Crippen molar-refractivity contribution in [3.8, 4) is 5.75 Å². The Kier molecular flexibility index (Phi) is 11.9. The van der Waals surface area contributed by atoms with E-state index in [-0.39, 0.29) is 5.75 Å². The Balaban J connectivity index is 0.000000291. The summed E-state index contributed by atoms with van der Waals surface area (Å²) in [5.41, 5.74) is -0.786. The second-order valence-electron chi connectivity index (χ2n) is 7.92. The summed E-state index contributed by atoms with van der Waals surface area (Å²) in [7, 11) is 0. The predicted molar refractivity (Wildman–Crippen MR) is 131 cm³/mol. The Bertz CT molecular complexity index is 1090. The highest BCUT2D eigenvalue weighted by Gasteiger charge is 2.57. The Morgan fingerprint density at radius 2 is 0.821 bits per heavy atom. The fourth-order valence-electron chi connectivity index (χ4n) is 3.79. The lowest BCUT2D eigenvalue weighted by Crippen LogP contribution is -2.49. The average Bonchev–Trinajstić information content (AvgIpc) is 3.00. The molecule has 39 heavy (non-hydrogen) atoms. The van der Waals surface area contributed by atoms with Crippen LogP contribution in [0.1, 0.15) is 16.7 Å². The van der Waals surface area contributed by atoms with Crippen molar-refractivity contribution in [1.82, 2.24) is 0 Å². The fraction of sp³-hybridized carbons (Fsp3) is 0.172. The van der Waals surface area contributed by atoms with Crippen LogP contribution < -0.4 is 4.94 Å². The molecule has 4 aromatic carbocycles. The zero-order valence-electron chi connectivity index (χ0n) is 20.3. The molecule has 0 aliphatic heterocycles. The summed E-state index contributed by atoms with van der Waals surface area (Å²) in [6.45, 7) is -3.88. The van der Waals surface area contributed by atoms with Crippen LogP contribution in [0.5, 0.6) is 5.75 Å². The summed E-state index contributed by atoms with van der Waals surface area (Å²) < 4.78 is 97.9. The first-order chi connectivity index (χ1) is 18.7. The summed E-state index contributed by atoms with van der Waals surface area (Å²) in [6.07, 6.45) is -4.25. The van der Waals surface area contributed by atoms with E-state index in [1.165, 1.54) is 0 Å². The molecule has 0 saturated heterocycles. The first-order valence-electron chi connectivity index (χ1n) is 11.4. The molecule has 0 aliphatic carbocycles. The highest BCUT2D eigenvalue weighted by Crippen LogP contribution is 2.50. The van der Waals surface area contributed by atoms with Crippen LogP contribution in [0.4, 0.5) is 35.4 Å². The number of benzene rings is 4. The van der Waals surface area contributed by atoms with Gasteiger partial charge in [0.1, 0.15) is 5.41 Å². The molecule has 0 fully saturated rings. The maximum absolute atomic E-state index is 15.2. The van der Waals surface area contributed by atoms with Crippen LogP contribution in [0.15, 0.2) is 121 Å². The number of para-hydroxylation sites is 1. The third-order valence-corrected chi connectivity index (χ3v) is 5.44. The summed E-state index contributed by atoms with van der Waals surface area (Å²) in [4.78, 5) is 5.29. The smallest absolute Gasteiger partial charge is 0.294 e. The lowest BCUT2D eigenvalue weighted by molar-refractivity contribution is -0.357. The van der Waals surface area contributed by atoms with E-state index in [0.29, 0.717) is 16.7 Å². The van der Waals surface area contributed by atoms with E-state index in [9.17, 15) is 26.6 Å². The molecular formula is C29H24F8O2. The molecule has 0 spiro atoms. The van der Waals surface area contributed by atoms with Gasteiger partial charge in [-0.3, -0.25) is 4.94 Å². The van der Waals surface area contributed by atoms with E-state index >= 15 is 8.78 Å². The van der Waals surface area contributed by atoms with Crippen molar-refractivity contribution in [1.29, 1.82) is 0 Å². The first-order valence-corrected chi connectivity index (χ1v) is 11.4. The summed E-state index contributed by atoms with van der Waals surface area (Å²) in [5, 5.41) is 0. The maximum Gasteiger partial charge on any atom is 0.413 e. The SMILES string of the molecule is FCC(F)(F)C(c1ccccc1)(c1ccccc1)c1ccccc1.FCC(F)(F)OF.FOc1ccccc1. The number of halogens is 8. The second kappa shape index (κ2) is 14.9. The summed E-state index contributed by atoms with van der Waals surface area (Å²) in [5.74, 6) is -3.36. The van der Waals surface area contributed by atoms with Gasteiger partial charge in [0.25, 0.3) is 5.92 Å². The van der Waals surface area contributed by atoms with Crippen molar-refractivity contribution >= 4 is 0 Å². The normalized spacial score (nSPS) is 11.4. The topological polar surface area (TPSA) is 18.5 Å². The molecule has 0 N–H and O–H groups in total. The molecule has 0 aromatic heterocycles. The number of hydrogen-bond acceptors (Lipinski definition) is 2.